The highest BCUT2D eigenvalue weighted by atomic mass is 79.9. The zero-order chi connectivity index (χ0) is 10.1. The van der Waals surface area contributed by atoms with Crippen molar-refractivity contribution in [1.29, 1.82) is 0 Å². The van der Waals surface area contributed by atoms with E-state index in [0.717, 1.165) is 21.0 Å². The van der Waals surface area contributed by atoms with Crippen LogP contribution >= 0.6 is 27.5 Å². The molecule has 0 aliphatic heterocycles. The molecule has 1 aromatic heterocycles. The van der Waals surface area contributed by atoms with Crippen LogP contribution in [0.2, 0.25) is 5.02 Å². The van der Waals surface area contributed by atoms with E-state index in [4.69, 9.17) is 11.6 Å². The third-order valence-electron chi connectivity index (χ3n) is 2.03. The van der Waals surface area contributed by atoms with Gasteiger partial charge in [-0.1, -0.05) is 11.6 Å². The van der Waals surface area contributed by atoms with Gasteiger partial charge in [0.2, 0.25) is 0 Å². The molecule has 1 heterocycles. The molecule has 0 aliphatic carbocycles. The van der Waals surface area contributed by atoms with Crippen molar-refractivity contribution in [2.24, 2.45) is 0 Å². The number of rotatable bonds is 1. The van der Waals surface area contributed by atoms with Gasteiger partial charge in [-0.3, -0.25) is 0 Å². The van der Waals surface area contributed by atoms with Crippen LogP contribution in [0.5, 0.6) is 0 Å². The van der Waals surface area contributed by atoms with E-state index in [9.17, 15) is 0 Å². The summed E-state index contributed by atoms with van der Waals surface area (Å²) in [4.78, 5) is 0. The number of halogens is 2. The van der Waals surface area contributed by atoms with Gasteiger partial charge in [-0.05, 0) is 53.2 Å². The summed E-state index contributed by atoms with van der Waals surface area (Å²) in [7, 11) is 0. The Morgan fingerprint density at radius 1 is 1.29 bits per heavy atom. The Morgan fingerprint density at radius 3 is 2.43 bits per heavy atom. The minimum Gasteiger partial charge on any atom is -0.308 e. The van der Waals surface area contributed by atoms with Crippen molar-refractivity contribution < 1.29 is 0 Å². The maximum Gasteiger partial charge on any atom is 0.0900 e. The molecule has 0 bridgehead atoms. The van der Waals surface area contributed by atoms with E-state index in [2.05, 4.69) is 26.6 Å². The van der Waals surface area contributed by atoms with Gasteiger partial charge in [0, 0.05) is 22.5 Å². The third-order valence-corrected chi connectivity index (χ3v) is 2.87. The minimum atomic E-state index is 0.749. The number of aryl methyl sites for hydroxylation is 1. The molecule has 1 radical (unpaired) electrons. The molecule has 71 valence electrons. The molecule has 1 aromatic carbocycles. The fourth-order valence-electron chi connectivity index (χ4n) is 1.36. The number of nitrogens with zero attached hydrogens (tertiary/aromatic N) is 1. The molecular formula is C11H8BrClN. The van der Waals surface area contributed by atoms with E-state index in [-0.39, 0.29) is 0 Å². The first-order valence-electron chi connectivity index (χ1n) is 4.20. The van der Waals surface area contributed by atoms with E-state index >= 15 is 0 Å². The molecule has 14 heavy (non-hydrogen) atoms. The van der Waals surface area contributed by atoms with E-state index < -0.39 is 0 Å². The number of benzene rings is 1. The van der Waals surface area contributed by atoms with Crippen molar-refractivity contribution in [2.45, 2.75) is 6.92 Å². The molecule has 0 aliphatic rings. The lowest BCUT2D eigenvalue weighted by Crippen LogP contribution is -1.95. The predicted octanol–water partition coefficient (Wildman–Crippen LogP) is 4.00. The Hall–Kier alpha value is -0.730. The van der Waals surface area contributed by atoms with Gasteiger partial charge < -0.3 is 4.57 Å². The maximum absolute atomic E-state index is 5.82. The first-order chi connectivity index (χ1) is 6.68. The topological polar surface area (TPSA) is 4.93 Å². The number of aromatic nitrogens is 1. The average Bonchev–Trinajstić information content (AvgIpc) is 2.49. The van der Waals surface area contributed by atoms with E-state index in [1.54, 1.807) is 0 Å². The molecule has 0 unspecified atom stereocenters. The Bertz CT molecular complexity index is 425. The Labute approximate surface area is 96.4 Å². The second-order valence-electron chi connectivity index (χ2n) is 3.01. The molecular weight excluding hydrogens is 261 g/mol. The summed E-state index contributed by atoms with van der Waals surface area (Å²) in [5, 5.41) is 0.749. The van der Waals surface area contributed by atoms with Crippen molar-refractivity contribution in [1.82, 2.24) is 4.57 Å². The monoisotopic (exact) mass is 268 g/mol. The van der Waals surface area contributed by atoms with Crippen LogP contribution in [0.15, 0.2) is 34.9 Å². The van der Waals surface area contributed by atoms with Gasteiger partial charge in [-0.2, -0.15) is 0 Å². The zero-order valence-corrected chi connectivity index (χ0v) is 9.93. The molecule has 3 heteroatoms. The molecule has 0 spiro atoms. The van der Waals surface area contributed by atoms with E-state index in [0.29, 0.717) is 0 Å². The molecule has 0 N–H and O–H groups in total. The van der Waals surface area contributed by atoms with Crippen molar-refractivity contribution in [3.63, 3.8) is 0 Å². The largest absolute Gasteiger partial charge is 0.308 e. The molecule has 2 aromatic rings. The summed E-state index contributed by atoms with van der Waals surface area (Å²) in [5.41, 5.74) is 2.15. The third kappa shape index (κ3) is 1.72. The first-order valence-corrected chi connectivity index (χ1v) is 5.37. The summed E-state index contributed by atoms with van der Waals surface area (Å²) in [6.45, 7) is 2.01. The Balaban J connectivity index is 2.54. The molecule has 0 amide bonds. The van der Waals surface area contributed by atoms with Crippen LogP contribution in [0.3, 0.4) is 0 Å². The second-order valence-corrected chi connectivity index (χ2v) is 4.26. The van der Waals surface area contributed by atoms with Crippen LogP contribution in [-0.2, 0) is 0 Å². The lowest BCUT2D eigenvalue weighted by Gasteiger charge is -2.07. The van der Waals surface area contributed by atoms with Crippen molar-refractivity contribution in [3.8, 4) is 5.69 Å². The summed E-state index contributed by atoms with van der Waals surface area (Å²) in [5.74, 6) is 0. The summed E-state index contributed by atoms with van der Waals surface area (Å²) < 4.78 is 3.06. The Morgan fingerprint density at radius 2 is 1.93 bits per heavy atom. The standard InChI is InChI=1S/C11H8BrClN/c1-8-2-7-11(12)14(8)10-5-3-9(13)4-6-10/h3-7H,1H3. The first kappa shape index (κ1) is 9.81. The van der Waals surface area contributed by atoms with E-state index in [1.807, 2.05) is 37.3 Å². The molecule has 0 atom stereocenters. The second kappa shape index (κ2) is 3.79. The normalized spacial score (nSPS) is 10.5. The lowest BCUT2D eigenvalue weighted by molar-refractivity contribution is 0.989. The smallest absolute Gasteiger partial charge is 0.0900 e. The highest BCUT2D eigenvalue weighted by Gasteiger charge is 2.04. The van der Waals surface area contributed by atoms with Crippen molar-refractivity contribution in [3.05, 3.63) is 51.7 Å². The van der Waals surface area contributed by atoms with Gasteiger partial charge in [-0.25, -0.2) is 0 Å². The summed E-state index contributed by atoms with van der Waals surface area (Å²) in [6.07, 6.45) is 0. The highest BCUT2D eigenvalue weighted by Crippen LogP contribution is 2.21. The molecule has 0 saturated carbocycles. The van der Waals surface area contributed by atoms with Crippen LogP contribution in [-0.4, -0.2) is 4.57 Å². The maximum atomic E-state index is 5.82. The minimum absolute atomic E-state index is 0.749. The van der Waals surface area contributed by atoms with Crippen LogP contribution in [0.1, 0.15) is 5.69 Å². The summed E-state index contributed by atoms with van der Waals surface area (Å²) in [6, 6.07) is 12.8. The van der Waals surface area contributed by atoms with E-state index in [1.165, 1.54) is 0 Å². The van der Waals surface area contributed by atoms with Gasteiger partial charge in [0.15, 0.2) is 0 Å². The number of hydrogen-bond donors (Lipinski definition) is 0. The van der Waals surface area contributed by atoms with Gasteiger partial charge in [0.25, 0.3) is 0 Å². The van der Waals surface area contributed by atoms with Gasteiger partial charge in [0.1, 0.15) is 0 Å². The lowest BCUT2D eigenvalue weighted by atomic mass is 10.3. The average molecular weight is 270 g/mol. The van der Waals surface area contributed by atoms with Gasteiger partial charge >= 0.3 is 0 Å². The van der Waals surface area contributed by atoms with Gasteiger partial charge in [-0.15, -0.1) is 0 Å². The SMILES string of the molecule is Cc1[c]cc(Br)n1-c1ccc(Cl)cc1. The predicted molar refractivity (Wildman–Crippen MR) is 62.1 cm³/mol. The fourth-order valence-corrected chi connectivity index (χ4v) is 2.07. The van der Waals surface area contributed by atoms with Crippen molar-refractivity contribution in [2.75, 3.05) is 0 Å². The quantitative estimate of drug-likeness (QED) is 0.737. The fraction of sp³-hybridized carbons (Fsp3) is 0.0909. The number of hydrogen-bond acceptors (Lipinski definition) is 0. The summed E-state index contributed by atoms with van der Waals surface area (Å²) >= 11 is 9.29. The molecule has 1 nitrogen and oxygen atoms in total. The molecule has 2 rings (SSSR count). The molecule has 0 fully saturated rings. The Kier molecular flexibility index (Phi) is 2.66. The van der Waals surface area contributed by atoms with Crippen molar-refractivity contribution >= 4 is 27.5 Å². The van der Waals surface area contributed by atoms with Crippen LogP contribution in [0, 0.1) is 13.0 Å². The van der Waals surface area contributed by atoms with Gasteiger partial charge in [0.05, 0.1) is 4.60 Å². The van der Waals surface area contributed by atoms with Crippen LogP contribution in [0.25, 0.3) is 5.69 Å². The zero-order valence-electron chi connectivity index (χ0n) is 7.59. The highest BCUT2D eigenvalue weighted by molar-refractivity contribution is 9.10. The van der Waals surface area contributed by atoms with Crippen LogP contribution in [0.4, 0.5) is 0 Å². The molecule has 0 saturated heterocycles. The van der Waals surface area contributed by atoms with Crippen LogP contribution < -0.4 is 0 Å².